The summed E-state index contributed by atoms with van der Waals surface area (Å²) in [5.41, 5.74) is 2.42. The van der Waals surface area contributed by atoms with Gasteiger partial charge in [0.15, 0.2) is 5.75 Å². The number of halogens is 6. The molecule has 23 heavy (non-hydrogen) atoms. The molecule has 1 aromatic carbocycles. The Kier molecular flexibility index (Phi) is 7.11. The van der Waals surface area contributed by atoms with Gasteiger partial charge in [-0.25, -0.2) is 0 Å². The predicted octanol–water partition coefficient (Wildman–Crippen LogP) is 3.33. The second kappa shape index (κ2) is 7.38. The van der Waals surface area contributed by atoms with E-state index in [4.69, 9.17) is 10.2 Å². The van der Waals surface area contributed by atoms with E-state index in [2.05, 4.69) is 12.6 Å². The van der Waals surface area contributed by atoms with Crippen LogP contribution in [0.1, 0.15) is 21.5 Å². The normalized spacial score (nSPS) is 14.3. The molecule has 0 saturated carbocycles. The van der Waals surface area contributed by atoms with E-state index in [0.29, 0.717) is 18.4 Å². The molecule has 136 valence electrons. The zero-order valence-corrected chi connectivity index (χ0v) is 13.7. The van der Waals surface area contributed by atoms with Gasteiger partial charge in [-0.05, 0) is 36.6 Å². The summed E-state index contributed by atoms with van der Waals surface area (Å²) in [6, 6.07) is 5.45. The van der Waals surface area contributed by atoms with Crippen LogP contribution in [-0.2, 0) is 25.5 Å². The van der Waals surface area contributed by atoms with Crippen LogP contribution in [0.5, 0.6) is 0 Å². The molecule has 0 aliphatic heterocycles. The van der Waals surface area contributed by atoms with Crippen molar-refractivity contribution in [3.05, 3.63) is 34.9 Å². The number of aliphatic hydroxyl groups is 2. The zero-order valence-electron chi connectivity index (χ0n) is 11.8. The number of carbonyl (C=O) groups excluding carboxylic acids is 1. The van der Waals surface area contributed by atoms with Crippen molar-refractivity contribution >= 4 is 26.2 Å². The van der Waals surface area contributed by atoms with Crippen molar-refractivity contribution < 1.29 is 40.2 Å². The molecule has 0 spiro atoms. The van der Waals surface area contributed by atoms with Gasteiger partial charge in [0, 0.05) is 18.8 Å². The van der Waals surface area contributed by atoms with Crippen molar-refractivity contribution in [2.24, 2.45) is 0 Å². The average Bonchev–Trinajstić information content (AvgIpc) is 2.36. The fourth-order valence-corrected chi connectivity index (χ4v) is 1.94. The minimum absolute atomic E-state index is 0.0000866. The van der Waals surface area contributed by atoms with Crippen LogP contribution >= 0.6 is 7.81 Å². The van der Waals surface area contributed by atoms with E-state index in [1.54, 1.807) is 12.1 Å². The summed E-state index contributed by atoms with van der Waals surface area (Å²) in [5.74, 6) is 0.265. The number of rotatable bonds is 6. The van der Waals surface area contributed by atoms with Crippen LogP contribution in [0.15, 0.2) is 18.2 Å². The minimum atomic E-state index is -10.7. The smallest absolute Gasteiger partial charge is 0.211 e. The monoisotopic (exact) mass is 386 g/mol. The van der Waals surface area contributed by atoms with Crippen molar-refractivity contribution in [3.63, 3.8) is 0 Å². The van der Waals surface area contributed by atoms with Crippen LogP contribution in [-0.4, -0.2) is 35.0 Å². The van der Waals surface area contributed by atoms with Gasteiger partial charge >= 0.3 is 33.0 Å². The van der Waals surface area contributed by atoms with Gasteiger partial charge in [-0.1, -0.05) is 18.2 Å². The Morgan fingerprint density at radius 3 is 1.87 bits per heavy atom. The molecule has 0 atom stereocenters. The van der Waals surface area contributed by atoms with Crippen LogP contribution in [0.25, 0.3) is 0 Å². The van der Waals surface area contributed by atoms with Crippen LogP contribution in [0.2, 0.25) is 0 Å². The minimum Gasteiger partial charge on any atom is -0.396 e. The number of ketones is 1. The summed E-state index contributed by atoms with van der Waals surface area (Å²) in [6.45, 7) is 0.0500. The zero-order chi connectivity index (χ0) is 18.4. The molecule has 3 nitrogen and oxygen atoms in total. The first kappa shape index (κ1) is 22.2. The van der Waals surface area contributed by atoms with Crippen molar-refractivity contribution in [1.29, 1.82) is 0 Å². The molecule has 0 fully saturated rings. The molecule has 1 rings (SSSR count). The third-order valence-electron chi connectivity index (χ3n) is 2.48. The quantitative estimate of drug-likeness (QED) is 0.341. The van der Waals surface area contributed by atoms with Gasteiger partial charge in [-0.3, -0.25) is 4.79 Å². The predicted molar refractivity (Wildman–Crippen MR) is 80.9 cm³/mol. The molecule has 2 N–H and O–H groups in total. The third-order valence-corrected chi connectivity index (χ3v) is 2.80. The Hall–Kier alpha value is -0.830. The van der Waals surface area contributed by atoms with Gasteiger partial charge in [0.2, 0.25) is 5.78 Å². The third kappa shape index (κ3) is 12.3. The van der Waals surface area contributed by atoms with Gasteiger partial charge in [0.25, 0.3) is 0 Å². The SMILES string of the molecule is F[P-](F)(F)(F)(F)F.O=C(C[SH2+])c1cccc(CCO)c1CCO. The molecular formula is C12H17F6O3PS. The fourth-order valence-electron chi connectivity index (χ4n) is 1.75. The van der Waals surface area contributed by atoms with E-state index < -0.39 is 7.81 Å². The summed E-state index contributed by atoms with van der Waals surface area (Å²) >= 11 is 3.19. The first-order chi connectivity index (χ1) is 10.2. The van der Waals surface area contributed by atoms with Gasteiger partial charge in [0.05, 0.1) is 0 Å². The average molecular weight is 386 g/mol. The Balaban J connectivity index is 0.000000585. The first-order valence-electron chi connectivity index (χ1n) is 6.26. The van der Waals surface area contributed by atoms with Crippen LogP contribution < -0.4 is 0 Å². The van der Waals surface area contributed by atoms with Gasteiger partial charge in [0.1, 0.15) is 0 Å². The molecular weight excluding hydrogens is 369 g/mol. The van der Waals surface area contributed by atoms with E-state index in [1.165, 1.54) is 0 Å². The van der Waals surface area contributed by atoms with Crippen molar-refractivity contribution in [2.45, 2.75) is 12.8 Å². The van der Waals surface area contributed by atoms with Crippen LogP contribution in [0.4, 0.5) is 25.2 Å². The molecule has 0 bridgehead atoms. The Morgan fingerprint density at radius 2 is 1.48 bits per heavy atom. The number of Topliss-reactive ketones (excluding diaryl/α,β-unsaturated/α-hetero) is 1. The summed E-state index contributed by atoms with van der Waals surface area (Å²) in [4.78, 5) is 11.7. The molecule has 0 heterocycles. The fraction of sp³-hybridized carbons (Fsp3) is 0.417. The molecule has 0 amide bonds. The number of carbonyl (C=O) groups is 1. The first-order valence-corrected chi connectivity index (χ1v) is 8.99. The van der Waals surface area contributed by atoms with E-state index in [0.717, 1.165) is 11.1 Å². The summed E-state index contributed by atoms with van der Waals surface area (Å²) < 4.78 is 59.2. The number of hydrogen-bond acceptors (Lipinski definition) is 3. The molecule has 0 saturated heterocycles. The Labute approximate surface area is 134 Å². The van der Waals surface area contributed by atoms with Crippen LogP contribution in [0, 0.1) is 0 Å². The molecule has 0 aromatic heterocycles. The maximum Gasteiger partial charge on any atom is 0.211 e. The summed E-state index contributed by atoms with van der Waals surface area (Å²) in [5, 5.41) is 17.9. The summed E-state index contributed by atoms with van der Waals surface area (Å²) in [7, 11) is -10.7. The maximum atomic E-state index is 11.7. The molecule has 0 aliphatic rings. The summed E-state index contributed by atoms with van der Waals surface area (Å²) in [6.07, 6.45) is 0.960. The maximum absolute atomic E-state index is 11.7. The van der Waals surface area contributed by atoms with E-state index in [9.17, 15) is 30.0 Å². The second-order valence-electron chi connectivity index (χ2n) is 4.45. The van der Waals surface area contributed by atoms with Crippen molar-refractivity contribution in [1.82, 2.24) is 0 Å². The largest absolute Gasteiger partial charge is 0.396 e. The number of hydrogen-bond donors (Lipinski definition) is 2. The van der Waals surface area contributed by atoms with Crippen molar-refractivity contribution in [3.8, 4) is 0 Å². The van der Waals surface area contributed by atoms with Gasteiger partial charge < -0.3 is 10.2 Å². The van der Waals surface area contributed by atoms with E-state index in [1.807, 2.05) is 6.07 Å². The molecule has 0 unspecified atom stereocenters. The molecule has 0 radical (unpaired) electrons. The Morgan fingerprint density at radius 1 is 1.00 bits per heavy atom. The van der Waals surface area contributed by atoms with Crippen LogP contribution in [0.3, 0.4) is 0 Å². The van der Waals surface area contributed by atoms with Crippen molar-refractivity contribution in [2.75, 3.05) is 19.0 Å². The molecule has 11 heteroatoms. The van der Waals surface area contributed by atoms with E-state index in [-0.39, 0.29) is 24.7 Å². The van der Waals surface area contributed by atoms with Gasteiger partial charge in [-0.15, -0.1) is 0 Å². The topological polar surface area (TPSA) is 57.5 Å². The van der Waals surface area contributed by atoms with E-state index >= 15 is 0 Å². The number of aliphatic hydroxyl groups excluding tert-OH is 2. The Bertz CT molecular complexity index is 535. The standard InChI is InChI=1S/C12H16O3S.F6P/c13-6-4-9-2-1-3-11(12(15)8-16)10(9)5-7-14;1-7(2,3,4,5)6/h1-3,13-14,16H,4-8H2;/q;-1/p+1. The second-order valence-corrected chi connectivity index (χ2v) is 6.72. The molecule has 0 aliphatic carbocycles. The van der Waals surface area contributed by atoms with Gasteiger partial charge in [-0.2, -0.15) is 0 Å². The number of benzene rings is 1. The molecule has 1 aromatic rings.